The molecule has 0 saturated carbocycles. The van der Waals surface area contributed by atoms with Gasteiger partial charge in [0.1, 0.15) is 11.8 Å². The van der Waals surface area contributed by atoms with E-state index in [1.807, 2.05) is 6.07 Å². The van der Waals surface area contributed by atoms with Crippen molar-refractivity contribution >= 4 is 17.6 Å². The Morgan fingerprint density at radius 3 is 2.48 bits per heavy atom. The summed E-state index contributed by atoms with van der Waals surface area (Å²) in [6.45, 7) is 0. The first kappa shape index (κ1) is 16.7. The van der Waals surface area contributed by atoms with Gasteiger partial charge in [-0.1, -0.05) is 53.1 Å². The summed E-state index contributed by atoms with van der Waals surface area (Å²) in [5, 5.41) is 13.3. The lowest BCUT2D eigenvalue weighted by Gasteiger charge is -2.22. The standard InChI is InChI=1S/C16H14ClN3O3/c1-23-13-8-7-11(9-12(13)17)14(10-5-3-2-4-6-10)15(16(21)22)19-20-18/h2-9,14-15H,1H3,(H,21,22)/t14-,15+/m1/s1. The number of nitrogens with zero attached hydrogens (tertiary/aromatic N) is 3. The molecule has 2 atom stereocenters. The fourth-order valence-corrected chi connectivity index (χ4v) is 2.67. The van der Waals surface area contributed by atoms with Crippen LogP contribution in [0, 0.1) is 0 Å². The number of hydrogen-bond donors (Lipinski definition) is 1. The smallest absolute Gasteiger partial charge is 0.313 e. The molecule has 0 spiro atoms. The van der Waals surface area contributed by atoms with Gasteiger partial charge in [0, 0.05) is 10.8 Å². The largest absolute Gasteiger partial charge is 0.495 e. The highest BCUT2D eigenvalue weighted by molar-refractivity contribution is 6.32. The van der Waals surface area contributed by atoms with Crippen LogP contribution in [0.5, 0.6) is 5.75 Å². The average molecular weight is 332 g/mol. The topological polar surface area (TPSA) is 95.3 Å². The Bertz CT molecular complexity index is 743. The Kier molecular flexibility index (Phi) is 5.46. The number of benzene rings is 2. The fourth-order valence-electron chi connectivity index (χ4n) is 2.41. The van der Waals surface area contributed by atoms with Gasteiger partial charge in [0.05, 0.1) is 12.1 Å². The molecule has 0 aliphatic heterocycles. The molecule has 0 fully saturated rings. The molecule has 0 unspecified atom stereocenters. The van der Waals surface area contributed by atoms with Crippen molar-refractivity contribution in [2.24, 2.45) is 5.11 Å². The molecule has 2 aromatic rings. The number of aliphatic carboxylic acids is 1. The molecule has 0 heterocycles. The molecule has 1 N–H and O–H groups in total. The molecule has 118 valence electrons. The van der Waals surface area contributed by atoms with E-state index in [2.05, 4.69) is 10.0 Å². The summed E-state index contributed by atoms with van der Waals surface area (Å²) in [5.41, 5.74) is 10.1. The highest BCUT2D eigenvalue weighted by atomic mass is 35.5. The second-order valence-electron chi connectivity index (χ2n) is 4.77. The zero-order valence-corrected chi connectivity index (χ0v) is 13.0. The predicted molar refractivity (Wildman–Crippen MR) is 86.9 cm³/mol. The van der Waals surface area contributed by atoms with Crippen molar-refractivity contribution in [1.29, 1.82) is 0 Å². The molecule has 23 heavy (non-hydrogen) atoms. The van der Waals surface area contributed by atoms with Crippen LogP contribution >= 0.6 is 11.6 Å². The van der Waals surface area contributed by atoms with Crippen LogP contribution in [-0.2, 0) is 4.79 Å². The second-order valence-corrected chi connectivity index (χ2v) is 5.18. The molecule has 2 aromatic carbocycles. The number of carboxylic acids is 1. The van der Waals surface area contributed by atoms with Gasteiger partial charge in [-0.15, -0.1) is 0 Å². The van der Waals surface area contributed by atoms with Crippen molar-refractivity contribution in [3.63, 3.8) is 0 Å². The summed E-state index contributed by atoms with van der Waals surface area (Å²) in [7, 11) is 1.50. The summed E-state index contributed by atoms with van der Waals surface area (Å²) in [6, 6.07) is 12.7. The number of halogens is 1. The SMILES string of the molecule is COc1ccc([C@@H](c2ccccc2)[C@H](N=[N+]=[N-])C(=O)O)cc1Cl. The Morgan fingerprint density at radius 2 is 1.96 bits per heavy atom. The molecular formula is C16H14ClN3O3. The minimum Gasteiger partial charge on any atom is -0.495 e. The molecule has 7 heteroatoms. The molecule has 0 radical (unpaired) electrons. The van der Waals surface area contributed by atoms with E-state index in [1.165, 1.54) is 7.11 Å². The van der Waals surface area contributed by atoms with Crippen molar-refractivity contribution in [2.75, 3.05) is 7.11 Å². The Balaban J connectivity index is 2.60. The van der Waals surface area contributed by atoms with Crippen LogP contribution in [0.4, 0.5) is 0 Å². The van der Waals surface area contributed by atoms with Crippen molar-refractivity contribution in [2.45, 2.75) is 12.0 Å². The van der Waals surface area contributed by atoms with E-state index < -0.39 is 17.9 Å². The van der Waals surface area contributed by atoms with Gasteiger partial charge in [0.25, 0.3) is 0 Å². The molecule has 0 aliphatic rings. The number of carbonyl (C=O) groups is 1. The molecule has 0 aromatic heterocycles. The van der Waals surface area contributed by atoms with Crippen molar-refractivity contribution in [3.8, 4) is 5.75 Å². The third kappa shape index (κ3) is 3.74. The van der Waals surface area contributed by atoms with Gasteiger partial charge in [-0.3, -0.25) is 4.79 Å². The quantitative estimate of drug-likeness (QED) is 0.487. The minimum atomic E-state index is -1.29. The van der Waals surface area contributed by atoms with Crippen LogP contribution in [0.15, 0.2) is 53.6 Å². The summed E-state index contributed by atoms with van der Waals surface area (Å²) in [4.78, 5) is 14.2. The van der Waals surface area contributed by atoms with Crippen molar-refractivity contribution in [3.05, 3.63) is 75.1 Å². The van der Waals surface area contributed by atoms with Crippen LogP contribution in [0.3, 0.4) is 0 Å². The number of rotatable bonds is 6. The predicted octanol–water partition coefficient (Wildman–Crippen LogP) is 4.24. The molecular weight excluding hydrogens is 318 g/mol. The first-order chi connectivity index (χ1) is 11.1. The van der Waals surface area contributed by atoms with Gasteiger partial charge in [0.2, 0.25) is 0 Å². The molecule has 0 amide bonds. The van der Waals surface area contributed by atoms with E-state index in [4.69, 9.17) is 21.9 Å². The molecule has 0 saturated heterocycles. The summed E-state index contributed by atoms with van der Waals surface area (Å²) < 4.78 is 5.11. The Labute approximate surface area is 137 Å². The zero-order chi connectivity index (χ0) is 16.8. The van der Waals surface area contributed by atoms with Gasteiger partial charge >= 0.3 is 5.97 Å². The first-order valence-electron chi connectivity index (χ1n) is 6.74. The number of methoxy groups -OCH3 is 1. The van der Waals surface area contributed by atoms with E-state index >= 15 is 0 Å². The van der Waals surface area contributed by atoms with E-state index in [-0.39, 0.29) is 0 Å². The van der Waals surface area contributed by atoms with Gasteiger partial charge in [-0.2, -0.15) is 0 Å². The second kappa shape index (κ2) is 7.54. The van der Waals surface area contributed by atoms with Crippen molar-refractivity contribution in [1.82, 2.24) is 0 Å². The van der Waals surface area contributed by atoms with Crippen LogP contribution in [0.2, 0.25) is 5.02 Å². The van der Waals surface area contributed by atoms with Gasteiger partial charge in [0.15, 0.2) is 0 Å². The van der Waals surface area contributed by atoms with E-state index in [0.717, 1.165) is 0 Å². The normalized spacial score (nSPS) is 12.8. The maximum atomic E-state index is 11.6. The van der Waals surface area contributed by atoms with Crippen LogP contribution < -0.4 is 4.74 Å². The zero-order valence-electron chi connectivity index (χ0n) is 12.3. The van der Waals surface area contributed by atoms with Crippen molar-refractivity contribution < 1.29 is 14.6 Å². The van der Waals surface area contributed by atoms with E-state index in [0.29, 0.717) is 21.9 Å². The third-order valence-electron chi connectivity index (χ3n) is 3.44. The highest BCUT2D eigenvalue weighted by Crippen LogP contribution is 2.34. The van der Waals surface area contributed by atoms with Crippen LogP contribution in [0.1, 0.15) is 17.0 Å². The lowest BCUT2D eigenvalue weighted by Crippen LogP contribution is -2.26. The minimum absolute atomic E-state index is 0.357. The van der Waals surface area contributed by atoms with E-state index in [1.54, 1.807) is 42.5 Å². The average Bonchev–Trinajstić information content (AvgIpc) is 2.55. The molecule has 0 aliphatic carbocycles. The van der Waals surface area contributed by atoms with E-state index in [9.17, 15) is 9.90 Å². The van der Waals surface area contributed by atoms with Crippen LogP contribution in [-0.4, -0.2) is 24.2 Å². The van der Waals surface area contributed by atoms with Gasteiger partial charge < -0.3 is 9.84 Å². The Hall–Kier alpha value is -2.69. The van der Waals surface area contributed by atoms with Crippen LogP contribution in [0.25, 0.3) is 10.4 Å². The van der Waals surface area contributed by atoms with Gasteiger partial charge in [-0.25, -0.2) is 0 Å². The maximum Gasteiger partial charge on any atom is 0.313 e. The molecule has 2 rings (SSSR count). The molecule has 0 bridgehead atoms. The summed E-state index contributed by atoms with van der Waals surface area (Å²) in [5.74, 6) is -1.38. The first-order valence-corrected chi connectivity index (χ1v) is 7.11. The lowest BCUT2D eigenvalue weighted by molar-refractivity contribution is -0.138. The third-order valence-corrected chi connectivity index (χ3v) is 3.73. The number of carboxylic acid groups (broad SMARTS) is 1. The number of azide groups is 1. The van der Waals surface area contributed by atoms with Gasteiger partial charge in [-0.05, 0) is 28.8 Å². The lowest BCUT2D eigenvalue weighted by atomic mass is 9.85. The highest BCUT2D eigenvalue weighted by Gasteiger charge is 2.30. The Morgan fingerprint density at radius 1 is 1.26 bits per heavy atom. The number of ether oxygens (including phenoxy) is 1. The number of hydrogen-bond acceptors (Lipinski definition) is 3. The molecule has 6 nitrogen and oxygen atoms in total. The summed E-state index contributed by atoms with van der Waals surface area (Å²) in [6.07, 6.45) is 0. The maximum absolute atomic E-state index is 11.6. The monoisotopic (exact) mass is 331 g/mol. The summed E-state index contributed by atoms with van der Waals surface area (Å²) >= 11 is 6.15. The fraction of sp³-hybridized carbons (Fsp3) is 0.188.